The number of hydrogen-bond donors (Lipinski definition) is 0. The van der Waals surface area contributed by atoms with Gasteiger partial charge in [-0.25, -0.2) is 0 Å². The summed E-state index contributed by atoms with van der Waals surface area (Å²) < 4.78 is 47.8. The lowest BCUT2D eigenvalue weighted by Crippen LogP contribution is -2.67. The Hall–Kier alpha value is -3.05. The molecule has 6 nitrogen and oxygen atoms in total. The molecule has 0 aliphatic carbocycles. The fraction of sp³-hybridized carbons (Fsp3) is 0.400. The van der Waals surface area contributed by atoms with E-state index in [2.05, 4.69) is 74.2 Å². The Morgan fingerprint density at radius 2 is 1.38 bits per heavy atom. The molecule has 214 valence electrons. The van der Waals surface area contributed by atoms with Crippen molar-refractivity contribution in [2.75, 3.05) is 39.3 Å². The number of piperazine rings is 1. The number of nitrogens with zero attached hydrogens (tertiary/aromatic N) is 3. The number of non-ortho nitro benzene ring substituents is 1. The van der Waals surface area contributed by atoms with Crippen LogP contribution in [0.2, 0.25) is 5.04 Å². The van der Waals surface area contributed by atoms with Crippen molar-refractivity contribution >= 4 is 24.4 Å². The molecule has 3 aromatic carbocycles. The molecule has 40 heavy (non-hydrogen) atoms. The Balaban J connectivity index is 1.41. The molecule has 0 bridgehead atoms. The number of halogens is 3. The lowest BCUT2D eigenvalue weighted by atomic mass is 10.0. The maximum atomic E-state index is 13.6. The molecule has 1 aliphatic heterocycles. The van der Waals surface area contributed by atoms with Crippen molar-refractivity contribution in [1.82, 2.24) is 9.80 Å². The van der Waals surface area contributed by atoms with Crippen LogP contribution < -0.4 is 10.4 Å². The monoisotopic (exact) mass is 571 g/mol. The molecule has 4 rings (SSSR count). The summed E-state index contributed by atoms with van der Waals surface area (Å²) in [6.07, 6.45) is -4.65. The van der Waals surface area contributed by atoms with Crippen LogP contribution in [0.1, 0.15) is 31.9 Å². The van der Waals surface area contributed by atoms with Gasteiger partial charge in [0.25, 0.3) is 14.0 Å². The molecule has 0 radical (unpaired) electrons. The van der Waals surface area contributed by atoms with Crippen molar-refractivity contribution in [2.45, 2.75) is 38.5 Å². The Morgan fingerprint density at radius 1 is 0.850 bits per heavy atom. The Kier molecular flexibility index (Phi) is 9.14. The summed E-state index contributed by atoms with van der Waals surface area (Å²) in [7, 11) is -2.63. The molecule has 0 N–H and O–H groups in total. The van der Waals surface area contributed by atoms with Gasteiger partial charge in [0.2, 0.25) is 0 Å². The first-order chi connectivity index (χ1) is 18.9. The van der Waals surface area contributed by atoms with E-state index in [-0.39, 0.29) is 17.1 Å². The first kappa shape index (κ1) is 29.9. The summed E-state index contributed by atoms with van der Waals surface area (Å²) >= 11 is 0. The van der Waals surface area contributed by atoms with Crippen molar-refractivity contribution < 1.29 is 22.5 Å². The number of nitro benzene ring substituents is 1. The topological polar surface area (TPSA) is 58.8 Å². The molecular weight excluding hydrogens is 535 g/mol. The number of nitro groups is 1. The summed E-state index contributed by atoms with van der Waals surface area (Å²) in [6, 6.07) is 23.9. The van der Waals surface area contributed by atoms with Crippen LogP contribution in [0.3, 0.4) is 0 Å². The predicted molar refractivity (Wildman–Crippen MR) is 153 cm³/mol. The minimum absolute atomic E-state index is 0.0570. The quantitative estimate of drug-likeness (QED) is 0.198. The second-order valence-corrected chi connectivity index (χ2v) is 15.5. The maximum Gasteiger partial charge on any atom is 0.416 e. The van der Waals surface area contributed by atoms with Gasteiger partial charge in [0.15, 0.2) is 0 Å². The van der Waals surface area contributed by atoms with E-state index in [1.165, 1.54) is 16.4 Å². The average Bonchev–Trinajstić information content (AvgIpc) is 2.92. The van der Waals surface area contributed by atoms with Gasteiger partial charge in [-0.2, -0.15) is 13.2 Å². The Bertz CT molecular complexity index is 1240. The highest BCUT2D eigenvalue weighted by molar-refractivity contribution is 6.99. The van der Waals surface area contributed by atoms with Crippen LogP contribution >= 0.6 is 0 Å². The van der Waals surface area contributed by atoms with Gasteiger partial charge in [0.1, 0.15) is 0 Å². The van der Waals surface area contributed by atoms with Crippen molar-refractivity contribution in [3.8, 4) is 0 Å². The van der Waals surface area contributed by atoms with E-state index < -0.39 is 30.7 Å². The van der Waals surface area contributed by atoms with Gasteiger partial charge in [0.05, 0.1) is 10.5 Å². The molecule has 10 heteroatoms. The Morgan fingerprint density at radius 3 is 1.85 bits per heavy atom. The minimum Gasteiger partial charge on any atom is -0.406 e. The summed E-state index contributed by atoms with van der Waals surface area (Å²) in [5.41, 5.74) is -1.44. The second-order valence-electron chi connectivity index (χ2n) is 11.2. The largest absolute Gasteiger partial charge is 0.416 e. The minimum atomic E-state index is -4.65. The van der Waals surface area contributed by atoms with Gasteiger partial charge in [0, 0.05) is 58.0 Å². The smallest absolute Gasteiger partial charge is 0.406 e. The zero-order valence-electron chi connectivity index (χ0n) is 23.2. The van der Waals surface area contributed by atoms with Crippen LogP contribution in [0.25, 0.3) is 0 Å². The van der Waals surface area contributed by atoms with Crippen molar-refractivity contribution in [3.05, 3.63) is 100 Å². The lowest BCUT2D eigenvalue weighted by Gasteiger charge is -2.43. The third-order valence-corrected chi connectivity index (χ3v) is 12.7. The number of rotatable bonds is 9. The van der Waals surface area contributed by atoms with Crippen molar-refractivity contribution in [2.24, 2.45) is 0 Å². The SMILES string of the molecule is CC(C)(C)[Si](OCCN1CCN(Cc2ccc([N+](=O)[O-])cc2C(F)(F)F)CC1)(c1ccccc1)c1ccccc1. The maximum absolute atomic E-state index is 13.6. The molecule has 0 atom stereocenters. The highest BCUT2D eigenvalue weighted by atomic mass is 28.4. The van der Waals surface area contributed by atoms with E-state index in [0.29, 0.717) is 38.9 Å². The zero-order valence-corrected chi connectivity index (χ0v) is 24.2. The second kappa shape index (κ2) is 12.2. The normalized spacial score (nSPS) is 15.8. The van der Waals surface area contributed by atoms with Crippen LogP contribution in [0, 0.1) is 10.1 Å². The molecule has 0 amide bonds. The first-order valence-corrected chi connectivity index (χ1v) is 15.4. The summed E-state index contributed by atoms with van der Waals surface area (Å²) in [4.78, 5) is 14.5. The third kappa shape index (κ3) is 6.63. The lowest BCUT2D eigenvalue weighted by molar-refractivity contribution is -0.385. The van der Waals surface area contributed by atoms with Crippen molar-refractivity contribution in [3.63, 3.8) is 0 Å². The van der Waals surface area contributed by atoms with E-state index in [9.17, 15) is 23.3 Å². The summed E-state index contributed by atoms with van der Waals surface area (Å²) in [6.45, 7) is 10.7. The van der Waals surface area contributed by atoms with Crippen LogP contribution in [0.5, 0.6) is 0 Å². The molecular formula is C30H36F3N3O3Si. The summed E-state index contributed by atoms with van der Waals surface area (Å²) in [5, 5.41) is 13.3. The van der Waals surface area contributed by atoms with Gasteiger partial charge in [-0.15, -0.1) is 0 Å². The molecule has 0 unspecified atom stereocenters. The zero-order chi connectivity index (χ0) is 29.0. The predicted octanol–water partition coefficient (Wildman–Crippen LogP) is 5.31. The van der Waals surface area contributed by atoms with E-state index >= 15 is 0 Å². The van der Waals surface area contributed by atoms with Gasteiger partial charge < -0.3 is 4.43 Å². The first-order valence-electron chi connectivity index (χ1n) is 13.5. The number of alkyl halides is 3. The van der Waals surface area contributed by atoms with Crippen LogP contribution in [-0.4, -0.2) is 62.4 Å². The highest BCUT2D eigenvalue weighted by Gasteiger charge is 2.50. The molecule has 1 fully saturated rings. The Labute approximate surface area is 234 Å². The highest BCUT2D eigenvalue weighted by Crippen LogP contribution is 2.37. The molecule has 3 aromatic rings. The van der Waals surface area contributed by atoms with Gasteiger partial charge in [-0.3, -0.25) is 19.9 Å². The van der Waals surface area contributed by atoms with Crippen LogP contribution in [0.15, 0.2) is 78.9 Å². The van der Waals surface area contributed by atoms with Crippen molar-refractivity contribution in [1.29, 1.82) is 0 Å². The summed E-state index contributed by atoms with van der Waals surface area (Å²) in [5.74, 6) is 0. The van der Waals surface area contributed by atoms with E-state index in [1.54, 1.807) is 0 Å². The molecule has 0 aromatic heterocycles. The van der Waals surface area contributed by atoms with E-state index in [0.717, 1.165) is 12.6 Å². The number of hydrogen-bond acceptors (Lipinski definition) is 5. The van der Waals surface area contributed by atoms with E-state index in [1.807, 2.05) is 17.0 Å². The molecule has 1 saturated heterocycles. The third-order valence-electron chi connectivity index (χ3n) is 7.61. The van der Waals surface area contributed by atoms with Gasteiger partial charge in [-0.05, 0) is 21.0 Å². The van der Waals surface area contributed by atoms with Crippen LogP contribution in [-0.2, 0) is 17.1 Å². The number of benzene rings is 3. The van der Waals surface area contributed by atoms with E-state index in [4.69, 9.17) is 4.43 Å². The molecule has 1 aliphatic rings. The average molecular weight is 572 g/mol. The standard InChI is InChI=1S/C30H36F3N3O3Si/c1-29(2,3)40(26-10-6-4-7-11-26,27-12-8-5-9-13-27)39-21-20-34-16-18-35(19-17-34)23-24-14-15-25(36(37)38)22-28(24)30(31,32)33/h4-15,22H,16-21,23H2,1-3H3. The fourth-order valence-electron chi connectivity index (χ4n) is 5.58. The molecule has 1 heterocycles. The molecule has 0 saturated carbocycles. The van der Waals surface area contributed by atoms with Crippen LogP contribution in [0.4, 0.5) is 18.9 Å². The van der Waals surface area contributed by atoms with Gasteiger partial charge in [-0.1, -0.05) is 87.5 Å². The molecule has 0 spiro atoms. The fourth-order valence-corrected chi connectivity index (χ4v) is 10.1. The van der Waals surface area contributed by atoms with Gasteiger partial charge >= 0.3 is 6.18 Å².